The van der Waals surface area contributed by atoms with Crippen LogP contribution >= 0.6 is 0 Å². The molecule has 1 saturated carbocycles. The van der Waals surface area contributed by atoms with Crippen molar-refractivity contribution in [3.8, 4) is 0 Å². The molecule has 0 bridgehead atoms. The van der Waals surface area contributed by atoms with Crippen molar-refractivity contribution in [2.75, 3.05) is 5.32 Å². The van der Waals surface area contributed by atoms with Crippen LogP contribution in [0.2, 0.25) is 0 Å². The summed E-state index contributed by atoms with van der Waals surface area (Å²) in [5.74, 6) is -0.129. The number of aryl methyl sites for hydroxylation is 1. The molecule has 24 heavy (non-hydrogen) atoms. The Morgan fingerprint density at radius 1 is 1.33 bits per heavy atom. The zero-order valence-corrected chi connectivity index (χ0v) is 12.8. The van der Waals surface area contributed by atoms with Crippen LogP contribution in [-0.2, 0) is 23.2 Å². The first-order valence-electron chi connectivity index (χ1n) is 7.87. The average Bonchev–Trinajstić information content (AvgIpc) is 2.91. The van der Waals surface area contributed by atoms with Gasteiger partial charge in [0.1, 0.15) is 6.54 Å². The Balaban J connectivity index is 1.44. The summed E-state index contributed by atoms with van der Waals surface area (Å²) in [6.07, 6.45) is -0.399. The fourth-order valence-electron chi connectivity index (χ4n) is 3.85. The molecule has 2 aromatic rings. The first kappa shape index (κ1) is 15.2. The van der Waals surface area contributed by atoms with Gasteiger partial charge in [-0.3, -0.25) is 9.48 Å². The summed E-state index contributed by atoms with van der Waals surface area (Å²) in [6, 6.07) is 9.55. The summed E-state index contributed by atoms with van der Waals surface area (Å²) >= 11 is 0. The Bertz CT molecular complexity index is 798. The Kier molecular flexibility index (Phi) is 3.23. The van der Waals surface area contributed by atoms with E-state index in [2.05, 4.69) is 22.5 Å². The highest BCUT2D eigenvalue weighted by Gasteiger charge is 2.61. The Morgan fingerprint density at radius 2 is 2.12 bits per heavy atom. The molecule has 0 unspecified atom stereocenters. The summed E-state index contributed by atoms with van der Waals surface area (Å²) in [5, 5.41) is 6.42. The largest absolute Gasteiger partial charge is 0.408 e. The van der Waals surface area contributed by atoms with E-state index in [0.29, 0.717) is 0 Å². The normalized spacial score (nSPS) is 24.9. The number of rotatable bonds is 3. The van der Waals surface area contributed by atoms with Crippen molar-refractivity contribution in [3.63, 3.8) is 0 Å². The maximum absolute atomic E-state index is 12.5. The van der Waals surface area contributed by atoms with Gasteiger partial charge in [-0.2, -0.15) is 18.3 Å². The highest BCUT2D eigenvalue weighted by atomic mass is 19.4. The van der Waals surface area contributed by atoms with E-state index in [0.717, 1.165) is 23.9 Å². The molecular formula is C17H16F3N3O. The van der Waals surface area contributed by atoms with Crippen LogP contribution in [-0.4, -0.2) is 21.9 Å². The number of carbonyl (C=O) groups excluding carboxylic acids is 1. The number of benzene rings is 1. The minimum Gasteiger partial charge on any atom is -0.309 e. The molecule has 2 aliphatic carbocycles. The molecule has 7 heteroatoms. The minimum atomic E-state index is -4.33. The van der Waals surface area contributed by atoms with Gasteiger partial charge in [-0.15, -0.1) is 0 Å². The third kappa shape index (κ3) is 2.57. The van der Waals surface area contributed by atoms with E-state index >= 15 is 0 Å². The fourth-order valence-corrected chi connectivity index (χ4v) is 3.85. The predicted octanol–water partition coefficient (Wildman–Crippen LogP) is 3.29. The summed E-state index contributed by atoms with van der Waals surface area (Å²) < 4.78 is 37.8. The number of hydrogen-bond donors (Lipinski definition) is 1. The highest BCUT2D eigenvalue weighted by Crippen LogP contribution is 2.61. The van der Waals surface area contributed by atoms with Crippen molar-refractivity contribution in [1.29, 1.82) is 0 Å². The van der Waals surface area contributed by atoms with Crippen LogP contribution in [0.15, 0.2) is 36.5 Å². The third-order valence-corrected chi connectivity index (χ3v) is 5.02. The predicted molar refractivity (Wildman–Crippen MR) is 81.5 cm³/mol. The first-order valence-corrected chi connectivity index (χ1v) is 7.87. The van der Waals surface area contributed by atoms with Gasteiger partial charge < -0.3 is 5.32 Å². The zero-order valence-electron chi connectivity index (χ0n) is 12.8. The molecule has 0 aliphatic heterocycles. The molecule has 1 aromatic carbocycles. The second-order valence-electron chi connectivity index (χ2n) is 6.57. The number of nitrogens with one attached hydrogen (secondary N) is 1. The lowest BCUT2D eigenvalue weighted by molar-refractivity contribution is -0.142. The Labute approximate surface area is 136 Å². The summed E-state index contributed by atoms with van der Waals surface area (Å²) in [5.41, 5.74) is 2.45. The number of fused-ring (bicyclic) bond motifs is 2. The summed E-state index contributed by atoms with van der Waals surface area (Å²) in [6.45, 7) is -1.16. The highest BCUT2D eigenvalue weighted by molar-refractivity contribution is 5.95. The number of hydrogen-bond acceptors (Lipinski definition) is 2. The quantitative estimate of drug-likeness (QED) is 0.936. The van der Waals surface area contributed by atoms with Gasteiger partial charge in [-0.25, -0.2) is 0 Å². The molecule has 4 nitrogen and oxygen atoms in total. The molecule has 2 aliphatic rings. The second kappa shape index (κ2) is 5.09. The van der Waals surface area contributed by atoms with Crippen molar-refractivity contribution < 1.29 is 18.0 Å². The lowest BCUT2D eigenvalue weighted by Crippen LogP contribution is -2.21. The molecule has 2 atom stereocenters. The van der Waals surface area contributed by atoms with Crippen molar-refractivity contribution in [1.82, 2.24) is 9.78 Å². The van der Waals surface area contributed by atoms with Gasteiger partial charge in [0.2, 0.25) is 5.91 Å². The van der Waals surface area contributed by atoms with E-state index in [4.69, 9.17) is 0 Å². The Hall–Kier alpha value is -2.31. The number of halogens is 3. The van der Waals surface area contributed by atoms with Crippen LogP contribution in [0.5, 0.6) is 0 Å². The number of amides is 1. The van der Waals surface area contributed by atoms with Crippen LogP contribution in [0.1, 0.15) is 24.0 Å². The van der Waals surface area contributed by atoms with E-state index in [1.807, 2.05) is 12.1 Å². The van der Waals surface area contributed by atoms with Crippen molar-refractivity contribution >= 4 is 11.7 Å². The molecule has 1 aromatic heterocycles. The molecule has 1 fully saturated rings. The SMILES string of the molecule is O=C(Nc1ccn(CC(F)(F)F)n1)[C@H]1C[C@@]12CCc1ccccc12. The number of aromatic nitrogens is 2. The van der Waals surface area contributed by atoms with Crippen LogP contribution < -0.4 is 5.32 Å². The fraction of sp³-hybridized carbons (Fsp3) is 0.412. The van der Waals surface area contributed by atoms with Crippen molar-refractivity contribution in [2.24, 2.45) is 5.92 Å². The minimum absolute atomic E-state index is 0.0881. The van der Waals surface area contributed by atoms with E-state index in [1.165, 1.54) is 23.4 Å². The molecular weight excluding hydrogens is 319 g/mol. The summed E-state index contributed by atoms with van der Waals surface area (Å²) in [7, 11) is 0. The second-order valence-corrected chi connectivity index (χ2v) is 6.57. The maximum Gasteiger partial charge on any atom is 0.408 e. The van der Waals surface area contributed by atoms with Gasteiger partial charge in [0.05, 0.1) is 0 Å². The van der Waals surface area contributed by atoms with E-state index < -0.39 is 12.7 Å². The molecule has 1 amide bonds. The number of nitrogens with zero attached hydrogens (tertiary/aromatic N) is 2. The topological polar surface area (TPSA) is 46.9 Å². The van der Waals surface area contributed by atoms with Gasteiger partial charge in [-0.05, 0) is 30.4 Å². The molecule has 1 heterocycles. The standard InChI is InChI=1S/C17H16F3N3O/c18-17(19,20)10-23-8-6-14(22-23)21-15(24)13-9-16(13)7-5-11-3-1-2-4-12(11)16/h1-4,6,8,13H,5,7,9-10H2,(H,21,22,24)/t13-,16-/m1/s1. The molecule has 0 saturated heterocycles. The van der Waals surface area contributed by atoms with Crippen LogP contribution in [0.25, 0.3) is 0 Å². The monoisotopic (exact) mass is 335 g/mol. The van der Waals surface area contributed by atoms with Gasteiger partial charge >= 0.3 is 6.18 Å². The van der Waals surface area contributed by atoms with E-state index in [1.54, 1.807) is 0 Å². The average molecular weight is 335 g/mol. The van der Waals surface area contributed by atoms with Crippen molar-refractivity contribution in [3.05, 3.63) is 47.7 Å². The molecule has 1 spiro atoms. The van der Waals surface area contributed by atoms with Gasteiger partial charge in [0.25, 0.3) is 0 Å². The molecule has 126 valence electrons. The molecule has 1 N–H and O–H groups in total. The van der Waals surface area contributed by atoms with Crippen molar-refractivity contribution in [2.45, 2.75) is 37.4 Å². The lowest BCUT2D eigenvalue weighted by atomic mass is 9.95. The van der Waals surface area contributed by atoms with Gasteiger partial charge in [0.15, 0.2) is 5.82 Å². The third-order valence-electron chi connectivity index (χ3n) is 5.02. The van der Waals surface area contributed by atoms with Crippen LogP contribution in [0.4, 0.5) is 19.0 Å². The van der Waals surface area contributed by atoms with Crippen LogP contribution in [0, 0.1) is 5.92 Å². The number of anilines is 1. The zero-order chi connectivity index (χ0) is 16.9. The van der Waals surface area contributed by atoms with Gasteiger partial charge in [-0.1, -0.05) is 24.3 Å². The van der Waals surface area contributed by atoms with Crippen LogP contribution in [0.3, 0.4) is 0 Å². The number of carbonyl (C=O) groups is 1. The van der Waals surface area contributed by atoms with E-state index in [-0.39, 0.29) is 23.1 Å². The summed E-state index contributed by atoms with van der Waals surface area (Å²) in [4.78, 5) is 12.5. The first-order chi connectivity index (χ1) is 11.4. The molecule has 0 radical (unpaired) electrons. The molecule has 4 rings (SSSR count). The van der Waals surface area contributed by atoms with E-state index in [9.17, 15) is 18.0 Å². The smallest absolute Gasteiger partial charge is 0.309 e. The lowest BCUT2D eigenvalue weighted by Gasteiger charge is -2.11. The van der Waals surface area contributed by atoms with Gasteiger partial charge in [0, 0.05) is 23.6 Å². The number of alkyl halides is 3. The maximum atomic E-state index is 12.5. The Morgan fingerprint density at radius 3 is 2.92 bits per heavy atom.